The number of phenolic OH excluding ortho intramolecular Hbond substituents is 3. The lowest BCUT2D eigenvalue weighted by molar-refractivity contribution is -0.277. The van der Waals surface area contributed by atoms with E-state index >= 15 is 0 Å². The van der Waals surface area contributed by atoms with Crippen LogP contribution in [0.15, 0.2) is 45.8 Å². The lowest BCUT2D eigenvalue weighted by Gasteiger charge is -2.39. The number of phenols is 3. The van der Waals surface area contributed by atoms with E-state index in [1.54, 1.807) is 0 Å². The van der Waals surface area contributed by atoms with Crippen LogP contribution in [0.3, 0.4) is 0 Å². The van der Waals surface area contributed by atoms with Crippen molar-refractivity contribution in [3.8, 4) is 34.1 Å². The van der Waals surface area contributed by atoms with Crippen molar-refractivity contribution >= 4 is 11.0 Å². The topological polar surface area (TPSA) is 190 Å². The molecular formula is C21H20O11. The molecule has 0 bridgehead atoms. The molecule has 0 aliphatic carbocycles. The molecule has 1 aromatic heterocycles. The van der Waals surface area contributed by atoms with E-state index in [1.807, 2.05) is 0 Å². The summed E-state index contributed by atoms with van der Waals surface area (Å²) in [6.07, 6.45) is -6.45. The Morgan fingerprint density at radius 2 is 1.66 bits per heavy atom. The fourth-order valence-corrected chi connectivity index (χ4v) is 3.46. The molecule has 1 aliphatic rings. The van der Waals surface area contributed by atoms with E-state index in [-0.39, 0.29) is 33.6 Å². The first-order valence-corrected chi connectivity index (χ1v) is 9.49. The molecule has 5 atom stereocenters. The molecule has 2 aromatic carbocycles. The summed E-state index contributed by atoms with van der Waals surface area (Å²) in [4.78, 5) is 12.9. The maximum atomic E-state index is 12.9. The molecule has 0 amide bonds. The Bertz CT molecular complexity index is 1200. The number of rotatable bonds is 4. The van der Waals surface area contributed by atoms with Gasteiger partial charge in [-0.15, -0.1) is 0 Å². The van der Waals surface area contributed by atoms with E-state index in [0.717, 1.165) is 12.3 Å². The van der Waals surface area contributed by atoms with E-state index in [4.69, 9.17) is 13.9 Å². The molecule has 11 heteroatoms. The van der Waals surface area contributed by atoms with Crippen LogP contribution in [-0.2, 0) is 4.74 Å². The van der Waals surface area contributed by atoms with E-state index < -0.39 is 54.2 Å². The van der Waals surface area contributed by atoms with Crippen LogP contribution in [-0.4, -0.2) is 73.1 Å². The van der Waals surface area contributed by atoms with E-state index in [9.17, 15) is 40.5 Å². The molecule has 3 aromatic rings. The van der Waals surface area contributed by atoms with Gasteiger partial charge in [0.15, 0.2) is 11.5 Å². The Kier molecular flexibility index (Phi) is 5.67. The Labute approximate surface area is 179 Å². The van der Waals surface area contributed by atoms with Gasteiger partial charge < -0.3 is 49.6 Å². The first-order valence-electron chi connectivity index (χ1n) is 9.49. The van der Waals surface area contributed by atoms with Crippen molar-refractivity contribution in [2.75, 3.05) is 6.61 Å². The van der Waals surface area contributed by atoms with Gasteiger partial charge in [-0.05, 0) is 17.7 Å². The zero-order valence-electron chi connectivity index (χ0n) is 16.3. The highest BCUT2D eigenvalue weighted by Crippen LogP contribution is 2.34. The molecule has 1 aliphatic heterocycles. The predicted octanol–water partition coefficient (Wildman–Crippen LogP) is -0.245. The second-order valence-electron chi connectivity index (χ2n) is 7.31. The first kappa shape index (κ1) is 21.9. The summed E-state index contributed by atoms with van der Waals surface area (Å²) >= 11 is 0. The fourth-order valence-electron chi connectivity index (χ4n) is 3.46. The van der Waals surface area contributed by atoms with Crippen molar-refractivity contribution in [1.29, 1.82) is 0 Å². The van der Waals surface area contributed by atoms with Crippen molar-refractivity contribution in [2.45, 2.75) is 30.7 Å². The molecule has 1 fully saturated rings. The Hall–Kier alpha value is -3.35. The number of benzene rings is 2. The predicted molar refractivity (Wildman–Crippen MR) is 107 cm³/mol. The van der Waals surface area contributed by atoms with Gasteiger partial charge in [-0.25, -0.2) is 0 Å². The summed E-state index contributed by atoms with van der Waals surface area (Å²) in [5, 5.41) is 68.4. The van der Waals surface area contributed by atoms with Crippen LogP contribution in [0.5, 0.6) is 23.0 Å². The normalized spacial score (nSPS) is 25.7. The minimum atomic E-state index is -1.66. The van der Waals surface area contributed by atoms with Gasteiger partial charge in [0, 0.05) is 12.1 Å². The van der Waals surface area contributed by atoms with Gasteiger partial charge in [0.05, 0.1) is 12.2 Å². The van der Waals surface area contributed by atoms with Gasteiger partial charge in [0.1, 0.15) is 53.1 Å². The molecular weight excluding hydrogens is 428 g/mol. The molecule has 170 valence electrons. The van der Waals surface area contributed by atoms with Gasteiger partial charge in [-0.1, -0.05) is 6.07 Å². The van der Waals surface area contributed by atoms with Crippen LogP contribution >= 0.6 is 0 Å². The van der Waals surface area contributed by atoms with Crippen LogP contribution in [0.2, 0.25) is 0 Å². The van der Waals surface area contributed by atoms with Gasteiger partial charge in [0.2, 0.25) is 11.7 Å². The Morgan fingerprint density at radius 3 is 2.34 bits per heavy atom. The maximum absolute atomic E-state index is 12.9. The van der Waals surface area contributed by atoms with Crippen molar-refractivity contribution in [2.24, 2.45) is 0 Å². The second-order valence-corrected chi connectivity index (χ2v) is 7.31. The van der Waals surface area contributed by atoms with E-state index in [1.165, 1.54) is 24.3 Å². The summed E-state index contributed by atoms with van der Waals surface area (Å²) < 4.78 is 16.2. The molecule has 0 spiro atoms. The fraction of sp³-hybridized carbons (Fsp3) is 0.286. The lowest BCUT2D eigenvalue weighted by Crippen LogP contribution is -2.60. The highest BCUT2D eigenvalue weighted by Gasteiger charge is 2.44. The average Bonchev–Trinajstić information content (AvgIpc) is 2.76. The summed E-state index contributed by atoms with van der Waals surface area (Å²) in [7, 11) is 0. The third-order valence-electron chi connectivity index (χ3n) is 5.22. The number of hydrogen-bond donors (Lipinski definition) is 7. The second kappa shape index (κ2) is 8.30. The van der Waals surface area contributed by atoms with Crippen molar-refractivity contribution in [3.05, 3.63) is 46.8 Å². The number of hydrogen-bond acceptors (Lipinski definition) is 11. The van der Waals surface area contributed by atoms with Crippen molar-refractivity contribution < 1.29 is 49.6 Å². The van der Waals surface area contributed by atoms with E-state index in [2.05, 4.69) is 0 Å². The number of aliphatic hydroxyl groups excluding tert-OH is 4. The molecule has 0 saturated carbocycles. The minimum Gasteiger partial charge on any atom is -0.507 e. The summed E-state index contributed by atoms with van der Waals surface area (Å²) in [6.45, 7) is -0.641. The standard InChI is InChI=1S/C21H20O11/c22-6-15-18(27)19(28)20(29)21(32-15)31-9-4-13(25)16-14(5-9)30-7-10(17(16)26)8-1-2-11(23)12(24)3-8/h1-5,7,15,18-25,27-29H,6H2/t15-,18-,19+,20-,21+/m1/s1. The smallest absolute Gasteiger partial charge is 0.229 e. The van der Waals surface area contributed by atoms with Gasteiger partial charge in [-0.2, -0.15) is 0 Å². The third-order valence-corrected chi connectivity index (χ3v) is 5.22. The van der Waals surface area contributed by atoms with Crippen LogP contribution in [0, 0.1) is 0 Å². The minimum absolute atomic E-state index is 0.0192. The summed E-state index contributed by atoms with van der Waals surface area (Å²) in [5.74, 6) is -1.40. The van der Waals surface area contributed by atoms with Crippen LogP contribution in [0.4, 0.5) is 0 Å². The lowest BCUT2D eigenvalue weighted by atomic mass is 9.99. The van der Waals surface area contributed by atoms with Crippen LogP contribution in [0.1, 0.15) is 0 Å². The molecule has 1 saturated heterocycles. The molecule has 4 rings (SSSR count). The monoisotopic (exact) mass is 448 g/mol. The van der Waals surface area contributed by atoms with Crippen molar-refractivity contribution in [1.82, 2.24) is 0 Å². The van der Waals surface area contributed by atoms with Crippen LogP contribution < -0.4 is 10.2 Å². The Balaban J connectivity index is 1.69. The molecule has 0 unspecified atom stereocenters. The number of fused-ring (bicyclic) bond motifs is 1. The summed E-state index contributed by atoms with van der Waals surface area (Å²) in [5.41, 5.74) is -0.419. The molecule has 0 radical (unpaired) electrons. The molecule has 7 N–H and O–H groups in total. The zero-order chi connectivity index (χ0) is 23.2. The maximum Gasteiger partial charge on any atom is 0.229 e. The highest BCUT2D eigenvalue weighted by atomic mass is 16.7. The SMILES string of the molecule is O=c1c(-c2ccc(O)c(O)c2)coc2cc(O[C@H]3O[C@H](CO)[C@@H](O)[C@H](O)[C@H]3O)cc(O)c12. The first-order chi connectivity index (χ1) is 15.2. The van der Waals surface area contributed by atoms with Gasteiger partial charge in [0.25, 0.3) is 0 Å². The molecule has 2 heterocycles. The number of aliphatic hydroxyl groups is 4. The number of aromatic hydroxyl groups is 3. The van der Waals surface area contributed by atoms with Crippen LogP contribution in [0.25, 0.3) is 22.1 Å². The summed E-state index contributed by atoms with van der Waals surface area (Å²) in [6, 6.07) is 6.07. The van der Waals surface area contributed by atoms with Crippen molar-refractivity contribution in [3.63, 3.8) is 0 Å². The zero-order valence-corrected chi connectivity index (χ0v) is 16.3. The largest absolute Gasteiger partial charge is 0.507 e. The van der Waals surface area contributed by atoms with Gasteiger partial charge in [-0.3, -0.25) is 4.79 Å². The highest BCUT2D eigenvalue weighted by molar-refractivity contribution is 5.88. The quantitative estimate of drug-likeness (QED) is 0.261. The third kappa shape index (κ3) is 3.72. The van der Waals surface area contributed by atoms with E-state index in [0.29, 0.717) is 0 Å². The molecule has 11 nitrogen and oxygen atoms in total. The Morgan fingerprint density at radius 1 is 0.906 bits per heavy atom. The average molecular weight is 448 g/mol. The number of ether oxygens (including phenoxy) is 2. The molecule has 32 heavy (non-hydrogen) atoms. The van der Waals surface area contributed by atoms with Gasteiger partial charge >= 0.3 is 0 Å².